The van der Waals surface area contributed by atoms with Gasteiger partial charge in [0.05, 0.1) is 12.2 Å². The molecule has 2 heterocycles. The molecule has 0 spiro atoms. The van der Waals surface area contributed by atoms with Crippen molar-refractivity contribution in [2.24, 2.45) is 0 Å². The van der Waals surface area contributed by atoms with E-state index in [9.17, 15) is 9.90 Å². The number of anilines is 2. The zero-order chi connectivity index (χ0) is 17.3. The summed E-state index contributed by atoms with van der Waals surface area (Å²) < 4.78 is 0. The smallest absolute Gasteiger partial charge is 0.253 e. The van der Waals surface area contributed by atoms with Crippen LogP contribution in [0.3, 0.4) is 0 Å². The zero-order valence-corrected chi connectivity index (χ0v) is 13.8. The number of pyridine rings is 1. The second-order valence-electron chi connectivity index (χ2n) is 5.33. The van der Waals surface area contributed by atoms with E-state index in [0.29, 0.717) is 22.4 Å². The normalized spacial score (nSPS) is 12.1. The van der Waals surface area contributed by atoms with Gasteiger partial charge >= 0.3 is 0 Å². The van der Waals surface area contributed by atoms with Crippen LogP contribution in [0.15, 0.2) is 35.3 Å². The molecule has 0 saturated carbocycles. The van der Waals surface area contributed by atoms with Gasteiger partial charge in [0, 0.05) is 28.5 Å². The van der Waals surface area contributed by atoms with Crippen molar-refractivity contribution >= 4 is 34.3 Å². The second kappa shape index (κ2) is 6.37. The van der Waals surface area contributed by atoms with Gasteiger partial charge in [-0.15, -0.1) is 0 Å². The highest BCUT2D eigenvalue weighted by Crippen LogP contribution is 2.23. The Balaban J connectivity index is 1.94. The van der Waals surface area contributed by atoms with E-state index in [1.807, 2.05) is 6.92 Å². The number of nitrogens with zero attached hydrogens (tertiary/aromatic N) is 2. The number of aromatic amines is 1. The lowest BCUT2D eigenvalue weighted by atomic mass is 10.1. The van der Waals surface area contributed by atoms with Crippen molar-refractivity contribution in [3.05, 3.63) is 51.4 Å². The Hall–Kier alpha value is -2.80. The van der Waals surface area contributed by atoms with Crippen molar-refractivity contribution in [3.63, 3.8) is 0 Å². The Kier molecular flexibility index (Phi) is 4.26. The molecule has 1 atom stereocenters. The molecule has 0 aliphatic rings. The summed E-state index contributed by atoms with van der Waals surface area (Å²) in [7, 11) is 1.65. The summed E-state index contributed by atoms with van der Waals surface area (Å²) in [6, 6.07) is 6.73. The molecule has 0 aliphatic heterocycles. The summed E-state index contributed by atoms with van der Waals surface area (Å²) in [5.74, 6) is 0.558. The lowest BCUT2D eigenvalue weighted by molar-refractivity contribution is 0.472. The predicted molar refractivity (Wildman–Crippen MR) is 94.9 cm³/mol. The summed E-state index contributed by atoms with van der Waals surface area (Å²) in [5.41, 5.74) is 1.06. The van der Waals surface area contributed by atoms with Gasteiger partial charge in [-0.05, 0) is 31.2 Å². The predicted octanol–water partition coefficient (Wildman–Crippen LogP) is 2.89. The number of hydrogen-bond acceptors (Lipinski definition) is 6. The molecule has 124 valence electrons. The summed E-state index contributed by atoms with van der Waals surface area (Å²) >= 11 is 6.01. The molecule has 2 aromatic heterocycles. The van der Waals surface area contributed by atoms with Crippen LogP contribution in [0.25, 0.3) is 10.9 Å². The summed E-state index contributed by atoms with van der Waals surface area (Å²) in [6.07, 6.45) is 1.29. The maximum Gasteiger partial charge on any atom is 0.253 e. The fraction of sp³-hybridized carbons (Fsp3) is 0.188. The van der Waals surface area contributed by atoms with E-state index >= 15 is 0 Å². The Morgan fingerprint density at radius 2 is 2.12 bits per heavy atom. The molecule has 0 fully saturated rings. The molecular formula is C16H16ClN5O2. The third-order valence-corrected chi connectivity index (χ3v) is 3.89. The first-order valence-electron chi connectivity index (χ1n) is 7.30. The molecule has 3 rings (SSSR count). The van der Waals surface area contributed by atoms with Crippen LogP contribution in [-0.4, -0.2) is 27.1 Å². The van der Waals surface area contributed by atoms with E-state index in [2.05, 4.69) is 25.6 Å². The summed E-state index contributed by atoms with van der Waals surface area (Å²) in [4.78, 5) is 23.3. The monoisotopic (exact) mass is 345 g/mol. The molecule has 4 N–H and O–H groups in total. The van der Waals surface area contributed by atoms with Crippen LogP contribution in [0.5, 0.6) is 5.75 Å². The van der Waals surface area contributed by atoms with Gasteiger partial charge in [-0.3, -0.25) is 4.79 Å². The lowest BCUT2D eigenvalue weighted by Crippen LogP contribution is -2.20. The van der Waals surface area contributed by atoms with E-state index < -0.39 is 0 Å². The van der Waals surface area contributed by atoms with Gasteiger partial charge in [0.2, 0.25) is 5.95 Å². The van der Waals surface area contributed by atoms with Gasteiger partial charge in [-0.1, -0.05) is 11.6 Å². The first-order valence-corrected chi connectivity index (χ1v) is 7.68. The number of fused-ring (bicyclic) bond motifs is 1. The highest BCUT2D eigenvalue weighted by molar-refractivity contribution is 6.31. The van der Waals surface area contributed by atoms with E-state index in [4.69, 9.17) is 11.6 Å². The van der Waals surface area contributed by atoms with Crippen molar-refractivity contribution in [1.82, 2.24) is 15.0 Å². The maximum atomic E-state index is 12.3. The number of aromatic hydroxyl groups is 1. The lowest BCUT2D eigenvalue weighted by Gasteiger charge is -2.15. The van der Waals surface area contributed by atoms with E-state index in [-0.39, 0.29) is 17.4 Å². The highest BCUT2D eigenvalue weighted by Gasteiger charge is 2.13. The zero-order valence-electron chi connectivity index (χ0n) is 13.1. The van der Waals surface area contributed by atoms with Gasteiger partial charge in [-0.2, -0.15) is 4.98 Å². The van der Waals surface area contributed by atoms with Crippen LogP contribution < -0.4 is 16.2 Å². The van der Waals surface area contributed by atoms with Crippen molar-refractivity contribution < 1.29 is 5.11 Å². The van der Waals surface area contributed by atoms with Crippen LogP contribution in [0.1, 0.15) is 18.5 Å². The number of benzene rings is 1. The van der Waals surface area contributed by atoms with E-state index in [0.717, 1.165) is 10.9 Å². The number of halogens is 1. The number of H-pyrrole nitrogens is 1. The molecule has 0 aliphatic carbocycles. The fourth-order valence-electron chi connectivity index (χ4n) is 2.42. The van der Waals surface area contributed by atoms with Crippen LogP contribution in [0.2, 0.25) is 5.02 Å². The minimum Gasteiger partial charge on any atom is -0.503 e. The molecule has 3 aromatic rings. The minimum absolute atomic E-state index is 0.0473. The second-order valence-corrected chi connectivity index (χ2v) is 5.77. The highest BCUT2D eigenvalue weighted by atomic mass is 35.5. The van der Waals surface area contributed by atoms with Gasteiger partial charge in [0.25, 0.3) is 5.56 Å². The molecule has 0 amide bonds. The molecule has 1 unspecified atom stereocenters. The maximum absolute atomic E-state index is 12.3. The molecule has 7 nitrogen and oxygen atoms in total. The van der Waals surface area contributed by atoms with Gasteiger partial charge < -0.3 is 20.7 Å². The molecule has 0 bridgehead atoms. The van der Waals surface area contributed by atoms with Crippen LogP contribution in [0, 0.1) is 0 Å². The molecule has 0 saturated heterocycles. The fourth-order valence-corrected chi connectivity index (χ4v) is 2.60. The SMILES string of the molecule is CNc1nc(NC(C)c2cc3cc(Cl)ccc3[nH]c2=O)ncc1O. The van der Waals surface area contributed by atoms with Crippen LogP contribution >= 0.6 is 11.6 Å². The van der Waals surface area contributed by atoms with Crippen molar-refractivity contribution in [3.8, 4) is 5.75 Å². The Morgan fingerprint density at radius 3 is 2.88 bits per heavy atom. The number of nitrogens with one attached hydrogen (secondary N) is 3. The van der Waals surface area contributed by atoms with Gasteiger partial charge in [-0.25, -0.2) is 4.98 Å². The van der Waals surface area contributed by atoms with Crippen molar-refractivity contribution in [2.75, 3.05) is 17.7 Å². The summed E-state index contributed by atoms with van der Waals surface area (Å²) in [5, 5.41) is 16.9. The average Bonchev–Trinajstić information content (AvgIpc) is 2.56. The third kappa shape index (κ3) is 3.11. The standard InChI is InChI=1S/C16H16ClN5O2/c1-8(20-16-19-7-13(23)14(18-2)22-16)11-6-9-5-10(17)3-4-12(9)21-15(11)24/h3-8,23H,1-2H3,(H,21,24)(H2,18,19,20,22). The van der Waals surface area contributed by atoms with Crippen LogP contribution in [0.4, 0.5) is 11.8 Å². The minimum atomic E-state index is -0.341. The third-order valence-electron chi connectivity index (χ3n) is 3.65. The average molecular weight is 346 g/mol. The van der Waals surface area contributed by atoms with Gasteiger partial charge in [0.1, 0.15) is 0 Å². The Morgan fingerprint density at radius 1 is 1.33 bits per heavy atom. The number of hydrogen-bond donors (Lipinski definition) is 4. The number of rotatable bonds is 4. The molecule has 0 radical (unpaired) electrons. The Bertz CT molecular complexity index is 957. The quantitative estimate of drug-likeness (QED) is 0.580. The van der Waals surface area contributed by atoms with Crippen molar-refractivity contribution in [1.29, 1.82) is 0 Å². The Labute approximate surface area is 142 Å². The van der Waals surface area contributed by atoms with Gasteiger partial charge in [0.15, 0.2) is 11.6 Å². The van der Waals surface area contributed by atoms with Crippen LogP contribution in [-0.2, 0) is 0 Å². The van der Waals surface area contributed by atoms with E-state index in [1.54, 1.807) is 31.3 Å². The first kappa shape index (κ1) is 16.1. The largest absolute Gasteiger partial charge is 0.503 e. The topological polar surface area (TPSA) is 103 Å². The van der Waals surface area contributed by atoms with Crippen molar-refractivity contribution in [2.45, 2.75) is 13.0 Å². The van der Waals surface area contributed by atoms with E-state index in [1.165, 1.54) is 6.20 Å². The molecule has 1 aromatic carbocycles. The molecular weight excluding hydrogens is 330 g/mol. The number of aromatic nitrogens is 3. The molecule has 8 heteroatoms. The first-order chi connectivity index (χ1) is 11.5. The summed E-state index contributed by atoms with van der Waals surface area (Å²) in [6.45, 7) is 1.83. The molecule has 24 heavy (non-hydrogen) atoms.